The molecular formula is C13H17NO3. The summed E-state index contributed by atoms with van der Waals surface area (Å²) in [6.45, 7) is 0.913. The van der Waals surface area contributed by atoms with Crippen molar-refractivity contribution in [3.8, 4) is 5.75 Å². The average Bonchev–Trinajstić information content (AvgIpc) is 2.38. The van der Waals surface area contributed by atoms with E-state index in [9.17, 15) is 4.79 Å². The molecule has 0 saturated carbocycles. The van der Waals surface area contributed by atoms with Gasteiger partial charge in [-0.25, -0.2) is 0 Å². The maximum atomic E-state index is 10.9. The molecule has 0 aromatic heterocycles. The Balaban J connectivity index is 1.91. The van der Waals surface area contributed by atoms with Crippen molar-refractivity contribution in [3.63, 3.8) is 0 Å². The zero-order chi connectivity index (χ0) is 12.1. The van der Waals surface area contributed by atoms with E-state index in [0.717, 1.165) is 31.6 Å². The normalized spacial score (nSPS) is 13.7. The summed E-state index contributed by atoms with van der Waals surface area (Å²) < 4.78 is 5.54. The number of fused-ring (bicyclic) bond motifs is 1. The predicted molar refractivity (Wildman–Crippen MR) is 64.1 cm³/mol. The van der Waals surface area contributed by atoms with Crippen LogP contribution in [0.4, 0.5) is 0 Å². The third-order valence-electron chi connectivity index (χ3n) is 2.85. The smallest absolute Gasteiger partial charge is 0.245 e. The number of rotatable bonds is 4. The van der Waals surface area contributed by atoms with Crippen LogP contribution in [0.25, 0.3) is 0 Å². The summed E-state index contributed by atoms with van der Waals surface area (Å²) in [6, 6.07) is 6.16. The Hall–Kier alpha value is -1.55. The first-order chi connectivity index (χ1) is 8.29. The second kappa shape index (κ2) is 5.68. The molecule has 0 bridgehead atoms. The molecule has 0 radical (unpaired) electrons. The van der Waals surface area contributed by atoms with Crippen molar-refractivity contribution in [2.75, 3.05) is 19.8 Å². The van der Waals surface area contributed by atoms with Gasteiger partial charge in [-0.2, -0.15) is 0 Å². The van der Waals surface area contributed by atoms with Crippen molar-refractivity contribution < 1.29 is 14.6 Å². The van der Waals surface area contributed by atoms with Crippen LogP contribution in [0.5, 0.6) is 5.75 Å². The molecule has 17 heavy (non-hydrogen) atoms. The van der Waals surface area contributed by atoms with E-state index in [4.69, 9.17) is 9.84 Å². The average molecular weight is 235 g/mol. The first kappa shape index (κ1) is 11.9. The molecule has 0 atom stereocenters. The highest BCUT2D eigenvalue weighted by Crippen LogP contribution is 2.25. The van der Waals surface area contributed by atoms with E-state index in [1.54, 1.807) is 0 Å². The highest BCUT2D eigenvalue weighted by Gasteiger charge is 2.10. The van der Waals surface area contributed by atoms with E-state index in [1.807, 2.05) is 12.1 Å². The van der Waals surface area contributed by atoms with Crippen LogP contribution in [0.2, 0.25) is 0 Å². The van der Waals surface area contributed by atoms with Gasteiger partial charge in [-0.05, 0) is 36.5 Å². The van der Waals surface area contributed by atoms with Crippen LogP contribution < -0.4 is 10.1 Å². The van der Waals surface area contributed by atoms with Crippen LogP contribution >= 0.6 is 0 Å². The number of hydrogen-bond donors (Lipinski definition) is 2. The number of amides is 1. The lowest BCUT2D eigenvalue weighted by Crippen LogP contribution is -2.28. The molecule has 4 nitrogen and oxygen atoms in total. The summed E-state index contributed by atoms with van der Waals surface area (Å²) in [5.74, 6) is 0.658. The fourth-order valence-corrected chi connectivity index (χ4v) is 1.97. The molecule has 0 aliphatic carbocycles. The highest BCUT2D eigenvalue weighted by atomic mass is 16.5. The molecule has 92 valence electrons. The molecular weight excluding hydrogens is 218 g/mol. The SMILES string of the molecule is O=C(CO)NCCc1ccc2c(c1)CCCO2. The molecule has 1 aliphatic rings. The molecule has 1 heterocycles. The monoisotopic (exact) mass is 235 g/mol. The van der Waals surface area contributed by atoms with Gasteiger partial charge in [0.2, 0.25) is 5.91 Å². The Morgan fingerprint density at radius 1 is 1.47 bits per heavy atom. The van der Waals surface area contributed by atoms with E-state index in [-0.39, 0.29) is 5.91 Å². The van der Waals surface area contributed by atoms with Crippen molar-refractivity contribution >= 4 is 5.91 Å². The van der Waals surface area contributed by atoms with Gasteiger partial charge >= 0.3 is 0 Å². The van der Waals surface area contributed by atoms with Gasteiger partial charge in [0, 0.05) is 6.54 Å². The molecule has 1 amide bonds. The molecule has 0 saturated heterocycles. The minimum absolute atomic E-state index is 0.328. The van der Waals surface area contributed by atoms with E-state index < -0.39 is 6.61 Å². The van der Waals surface area contributed by atoms with E-state index in [1.165, 1.54) is 11.1 Å². The van der Waals surface area contributed by atoms with Crippen molar-refractivity contribution in [2.45, 2.75) is 19.3 Å². The van der Waals surface area contributed by atoms with Crippen molar-refractivity contribution in [3.05, 3.63) is 29.3 Å². The van der Waals surface area contributed by atoms with E-state index >= 15 is 0 Å². The van der Waals surface area contributed by atoms with Crippen LogP contribution in [0.3, 0.4) is 0 Å². The number of aliphatic hydroxyl groups excluding tert-OH is 1. The van der Waals surface area contributed by atoms with Gasteiger partial charge in [0.1, 0.15) is 12.4 Å². The second-order valence-electron chi connectivity index (χ2n) is 4.15. The standard InChI is InChI=1S/C13H17NO3/c15-9-13(16)14-6-5-10-3-4-12-11(8-10)2-1-7-17-12/h3-4,8,15H,1-2,5-7,9H2,(H,14,16). The third kappa shape index (κ3) is 3.20. The lowest BCUT2D eigenvalue weighted by atomic mass is 10.0. The number of benzene rings is 1. The number of aliphatic hydroxyl groups is 1. The maximum absolute atomic E-state index is 10.9. The third-order valence-corrected chi connectivity index (χ3v) is 2.85. The van der Waals surface area contributed by atoms with E-state index in [2.05, 4.69) is 11.4 Å². The van der Waals surface area contributed by atoms with Gasteiger partial charge in [-0.3, -0.25) is 4.79 Å². The minimum Gasteiger partial charge on any atom is -0.493 e. The van der Waals surface area contributed by atoms with Gasteiger partial charge in [-0.15, -0.1) is 0 Å². The molecule has 0 fully saturated rings. The molecule has 2 rings (SSSR count). The fraction of sp³-hybridized carbons (Fsp3) is 0.462. The first-order valence-corrected chi connectivity index (χ1v) is 5.92. The summed E-state index contributed by atoms with van der Waals surface area (Å²) in [5, 5.41) is 11.2. The zero-order valence-electron chi connectivity index (χ0n) is 9.74. The number of ether oxygens (including phenoxy) is 1. The maximum Gasteiger partial charge on any atom is 0.245 e. The van der Waals surface area contributed by atoms with Gasteiger partial charge in [0.15, 0.2) is 0 Å². The van der Waals surface area contributed by atoms with E-state index in [0.29, 0.717) is 6.54 Å². The zero-order valence-corrected chi connectivity index (χ0v) is 9.74. The number of nitrogens with one attached hydrogen (secondary N) is 1. The van der Waals surface area contributed by atoms with Gasteiger partial charge in [0.25, 0.3) is 0 Å². The summed E-state index contributed by atoms with van der Waals surface area (Å²) in [5.41, 5.74) is 2.44. The van der Waals surface area contributed by atoms with Crippen molar-refractivity contribution in [1.82, 2.24) is 5.32 Å². The molecule has 1 aromatic carbocycles. The minimum atomic E-state index is -0.446. The number of carbonyl (C=O) groups is 1. The Morgan fingerprint density at radius 2 is 2.35 bits per heavy atom. The largest absolute Gasteiger partial charge is 0.493 e. The Bertz CT molecular complexity index is 404. The lowest BCUT2D eigenvalue weighted by Gasteiger charge is -2.17. The summed E-state index contributed by atoms with van der Waals surface area (Å²) >= 11 is 0. The van der Waals surface area contributed by atoms with Crippen molar-refractivity contribution in [2.24, 2.45) is 0 Å². The Morgan fingerprint density at radius 3 is 3.18 bits per heavy atom. The molecule has 0 spiro atoms. The van der Waals surface area contributed by atoms with Crippen LogP contribution in [0.15, 0.2) is 18.2 Å². The fourth-order valence-electron chi connectivity index (χ4n) is 1.97. The highest BCUT2D eigenvalue weighted by molar-refractivity contribution is 5.76. The predicted octanol–water partition coefficient (Wildman–Crippen LogP) is 0.663. The molecule has 4 heteroatoms. The Kier molecular flexibility index (Phi) is 3.98. The quantitative estimate of drug-likeness (QED) is 0.806. The van der Waals surface area contributed by atoms with Crippen LogP contribution in [-0.2, 0) is 17.6 Å². The summed E-state index contributed by atoms with van der Waals surface area (Å²) in [6.07, 6.45) is 2.91. The molecule has 2 N–H and O–H groups in total. The summed E-state index contributed by atoms with van der Waals surface area (Å²) in [4.78, 5) is 10.9. The first-order valence-electron chi connectivity index (χ1n) is 5.92. The van der Waals surface area contributed by atoms with Gasteiger partial charge in [-0.1, -0.05) is 12.1 Å². The van der Waals surface area contributed by atoms with Crippen LogP contribution in [0.1, 0.15) is 17.5 Å². The van der Waals surface area contributed by atoms with Gasteiger partial charge < -0.3 is 15.2 Å². The van der Waals surface area contributed by atoms with Crippen LogP contribution in [0, 0.1) is 0 Å². The number of carbonyl (C=O) groups excluding carboxylic acids is 1. The van der Waals surface area contributed by atoms with Crippen LogP contribution in [-0.4, -0.2) is 30.8 Å². The number of aryl methyl sites for hydroxylation is 1. The molecule has 1 aliphatic heterocycles. The van der Waals surface area contributed by atoms with Crippen molar-refractivity contribution in [1.29, 1.82) is 0 Å². The molecule has 0 unspecified atom stereocenters. The molecule has 1 aromatic rings. The Labute approximate surface area is 101 Å². The lowest BCUT2D eigenvalue weighted by molar-refractivity contribution is -0.123. The summed E-state index contributed by atoms with van der Waals surface area (Å²) in [7, 11) is 0. The second-order valence-corrected chi connectivity index (χ2v) is 4.15. The number of hydrogen-bond acceptors (Lipinski definition) is 3. The topological polar surface area (TPSA) is 58.6 Å². The van der Waals surface area contributed by atoms with Gasteiger partial charge in [0.05, 0.1) is 6.61 Å².